The molecular formula is C25H25NO2S. The van der Waals surface area contributed by atoms with Gasteiger partial charge in [0.15, 0.2) is 0 Å². The Morgan fingerprint density at radius 3 is 2.55 bits per heavy atom. The molecule has 0 fully saturated rings. The predicted molar refractivity (Wildman–Crippen MR) is 119 cm³/mol. The van der Waals surface area contributed by atoms with Crippen LogP contribution in [-0.4, -0.2) is 6.09 Å². The Hall–Kier alpha value is -2.72. The van der Waals surface area contributed by atoms with E-state index in [0.29, 0.717) is 5.75 Å². The number of rotatable bonds is 3. The summed E-state index contributed by atoms with van der Waals surface area (Å²) in [6.07, 6.45) is -0.431. The monoisotopic (exact) mass is 403 g/mol. The highest BCUT2D eigenvalue weighted by Gasteiger charge is 2.26. The number of ether oxygens (including phenoxy) is 1. The molecule has 1 unspecified atom stereocenters. The predicted octanol–water partition coefficient (Wildman–Crippen LogP) is 6.60. The smallest absolute Gasteiger partial charge is 0.410 e. The second-order valence-corrected chi connectivity index (χ2v) is 8.71. The molecule has 148 valence electrons. The van der Waals surface area contributed by atoms with Crippen LogP contribution in [-0.2, 0) is 5.75 Å². The van der Waals surface area contributed by atoms with Gasteiger partial charge in [-0.2, -0.15) is 0 Å². The van der Waals surface area contributed by atoms with Crippen molar-refractivity contribution >= 4 is 17.9 Å². The normalized spacial score (nSPS) is 15.2. The number of hydrogen-bond donors (Lipinski definition) is 1. The standard InChI is InChI=1S/C25H25NO2S/c1-16(2)19-13-12-17(3)14-22(19)28-25(27)26-24-20-9-5-4-8-18(20)15-29-23-11-7-6-10-21(23)24/h4-14,16,24H,15H2,1-3H3,(H,26,27). The summed E-state index contributed by atoms with van der Waals surface area (Å²) in [6.45, 7) is 6.21. The quantitative estimate of drug-likeness (QED) is 0.535. The van der Waals surface area contributed by atoms with E-state index in [1.54, 1.807) is 11.8 Å². The second-order valence-electron chi connectivity index (χ2n) is 7.69. The SMILES string of the molecule is Cc1ccc(C(C)C)c(OC(=O)NC2c3ccccc3CSc3ccccc32)c1. The zero-order valence-electron chi connectivity index (χ0n) is 16.9. The largest absolute Gasteiger partial charge is 0.413 e. The number of carbonyl (C=O) groups excluding carboxylic acids is 1. The van der Waals surface area contributed by atoms with Gasteiger partial charge >= 0.3 is 6.09 Å². The van der Waals surface area contributed by atoms with E-state index in [1.165, 1.54) is 10.5 Å². The third kappa shape index (κ3) is 4.18. The maximum atomic E-state index is 13.0. The molecule has 29 heavy (non-hydrogen) atoms. The van der Waals surface area contributed by atoms with Crippen molar-refractivity contribution in [2.75, 3.05) is 0 Å². The summed E-state index contributed by atoms with van der Waals surface area (Å²) in [5.41, 5.74) is 5.56. The number of hydrogen-bond acceptors (Lipinski definition) is 3. The Labute approximate surface area is 176 Å². The van der Waals surface area contributed by atoms with Gasteiger partial charge in [-0.3, -0.25) is 0 Å². The fraction of sp³-hybridized carbons (Fsp3) is 0.240. The highest BCUT2D eigenvalue weighted by atomic mass is 32.2. The van der Waals surface area contributed by atoms with Crippen molar-refractivity contribution in [2.24, 2.45) is 0 Å². The van der Waals surface area contributed by atoms with Crippen LogP contribution in [0, 0.1) is 6.92 Å². The van der Waals surface area contributed by atoms with Crippen LogP contribution in [0.5, 0.6) is 5.75 Å². The van der Waals surface area contributed by atoms with Crippen molar-refractivity contribution in [1.29, 1.82) is 0 Å². The molecule has 1 aliphatic rings. The van der Waals surface area contributed by atoms with Crippen molar-refractivity contribution < 1.29 is 9.53 Å². The van der Waals surface area contributed by atoms with Gasteiger partial charge in [0.2, 0.25) is 0 Å². The Bertz CT molecular complexity index is 997. The Morgan fingerprint density at radius 1 is 1.03 bits per heavy atom. The first-order valence-electron chi connectivity index (χ1n) is 9.91. The van der Waals surface area contributed by atoms with Crippen molar-refractivity contribution in [3.8, 4) is 5.75 Å². The summed E-state index contributed by atoms with van der Waals surface area (Å²) < 4.78 is 5.80. The van der Waals surface area contributed by atoms with Crippen molar-refractivity contribution in [1.82, 2.24) is 5.32 Å². The fourth-order valence-corrected chi connectivity index (χ4v) is 4.83. The van der Waals surface area contributed by atoms with Gasteiger partial charge in [-0.1, -0.05) is 68.4 Å². The van der Waals surface area contributed by atoms with Crippen LogP contribution in [0.3, 0.4) is 0 Å². The molecule has 0 aromatic heterocycles. The average molecular weight is 404 g/mol. The molecule has 1 N–H and O–H groups in total. The number of amides is 1. The zero-order valence-corrected chi connectivity index (χ0v) is 17.8. The molecule has 4 rings (SSSR count). The Kier molecular flexibility index (Phi) is 5.63. The van der Waals surface area contributed by atoms with Gasteiger partial charge in [-0.15, -0.1) is 11.8 Å². The van der Waals surface area contributed by atoms with Gasteiger partial charge < -0.3 is 10.1 Å². The van der Waals surface area contributed by atoms with Crippen LogP contribution in [0.4, 0.5) is 4.79 Å². The maximum Gasteiger partial charge on any atom is 0.413 e. The van der Waals surface area contributed by atoms with E-state index in [0.717, 1.165) is 28.0 Å². The van der Waals surface area contributed by atoms with E-state index in [2.05, 4.69) is 49.5 Å². The van der Waals surface area contributed by atoms with Crippen molar-refractivity contribution in [3.05, 3.63) is 94.5 Å². The highest BCUT2D eigenvalue weighted by molar-refractivity contribution is 7.98. The molecule has 3 nitrogen and oxygen atoms in total. The number of aryl methyl sites for hydroxylation is 1. The van der Waals surface area contributed by atoms with Crippen molar-refractivity contribution in [2.45, 2.75) is 43.4 Å². The summed E-state index contributed by atoms with van der Waals surface area (Å²) in [6, 6.07) is 22.3. The van der Waals surface area contributed by atoms with Crippen LogP contribution >= 0.6 is 11.8 Å². The minimum Gasteiger partial charge on any atom is -0.410 e. The molecule has 0 saturated carbocycles. The zero-order chi connectivity index (χ0) is 20.4. The number of benzene rings is 3. The lowest BCUT2D eigenvalue weighted by molar-refractivity contribution is 0.197. The lowest BCUT2D eigenvalue weighted by Gasteiger charge is -2.22. The van der Waals surface area contributed by atoms with Gasteiger partial charge in [0, 0.05) is 10.6 Å². The van der Waals surface area contributed by atoms with E-state index in [4.69, 9.17) is 4.74 Å². The first-order valence-corrected chi connectivity index (χ1v) is 10.9. The molecule has 0 radical (unpaired) electrons. The molecular weight excluding hydrogens is 378 g/mol. The lowest BCUT2D eigenvalue weighted by Crippen LogP contribution is -2.32. The first kappa shape index (κ1) is 19.6. The minimum atomic E-state index is -0.431. The summed E-state index contributed by atoms with van der Waals surface area (Å²) in [4.78, 5) is 14.1. The number of thioether (sulfide) groups is 1. The van der Waals surface area contributed by atoms with E-state index in [-0.39, 0.29) is 12.0 Å². The fourth-order valence-electron chi connectivity index (χ4n) is 3.73. The molecule has 0 bridgehead atoms. The number of fused-ring (bicyclic) bond motifs is 2. The van der Waals surface area contributed by atoms with Gasteiger partial charge in [-0.25, -0.2) is 4.79 Å². The summed E-state index contributed by atoms with van der Waals surface area (Å²) in [5.74, 6) is 1.78. The summed E-state index contributed by atoms with van der Waals surface area (Å²) in [5, 5.41) is 3.13. The topological polar surface area (TPSA) is 38.3 Å². The van der Waals surface area contributed by atoms with Crippen LogP contribution in [0.25, 0.3) is 0 Å². The molecule has 4 heteroatoms. The summed E-state index contributed by atoms with van der Waals surface area (Å²) in [7, 11) is 0. The molecule has 3 aromatic carbocycles. The molecule has 1 atom stereocenters. The van der Waals surface area contributed by atoms with Crippen LogP contribution in [0.1, 0.15) is 53.6 Å². The number of nitrogens with one attached hydrogen (secondary N) is 1. The second kappa shape index (κ2) is 8.34. The molecule has 1 heterocycles. The number of carbonyl (C=O) groups is 1. The van der Waals surface area contributed by atoms with Gasteiger partial charge in [0.1, 0.15) is 5.75 Å². The van der Waals surface area contributed by atoms with Gasteiger partial charge in [0.05, 0.1) is 6.04 Å². The van der Waals surface area contributed by atoms with E-state index in [1.807, 2.05) is 43.3 Å². The van der Waals surface area contributed by atoms with Crippen LogP contribution in [0.2, 0.25) is 0 Å². The molecule has 1 aliphatic heterocycles. The van der Waals surface area contributed by atoms with Crippen LogP contribution < -0.4 is 10.1 Å². The Morgan fingerprint density at radius 2 is 1.76 bits per heavy atom. The van der Waals surface area contributed by atoms with E-state index in [9.17, 15) is 4.79 Å². The molecule has 0 aliphatic carbocycles. The van der Waals surface area contributed by atoms with E-state index >= 15 is 0 Å². The minimum absolute atomic E-state index is 0.239. The third-order valence-corrected chi connectivity index (χ3v) is 6.37. The molecule has 1 amide bonds. The van der Waals surface area contributed by atoms with Crippen molar-refractivity contribution in [3.63, 3.8) is 0 Å². The Balaban J connectivity index is 1.66. The van der Waals surface area contributed by atoms with Crippen LogP contribution in [0.15, 0.2) is 71.6 Å². The van der Waals surface area contributed by atoms with Gasteiger partial charge in [0.25, 0.3) is 0 Å². The molecule has 3 aromatic rings. The third-order valence-electron chi connectivity index (χ3n) is 5.24. The highest BCUT2D eigenvalue weighted by Crippen LogP contribution is 2.39. The summed E-state index contributed by atoms with van der Waals surface area (Å²) >= 11 is 1.80. The van der Waals surface area contributed by atoms with Gasteiger partial charge in [-0.05, 0) is 52.8 Å². The molecule has 0 spiro atoms. The average Bonchev–Trinajstić information content (AvgIpc) is 2.85. The lowest BCUT2D eigenvalue weighted by atomic mass is 9.95. The van der Waals surface area contributed by atoms with E-state index < -0.39 is 6.09 Å². The maximum absolute atomic E-state index is 13.0. The first-order chi connectivity index (χ1) is 14.0. The molecule has 0 saturated heterocycles.